The zero-order valence-corrected chi connectivity index (χ0v) is 12.2. The van der Waals surface area contributed by atoms with Gasteiger partial charge in [0.25, 0.3) is 0 Å². The second kappa shape index (κ2) is 5.61. The van der Waals surface area contributed by atoms with Crippen LogP contribution in [-0.2, 0) is 0 Å². The van der Waals surface area contributed by atoms with Gasteiger partial charge >= 0.3 is 0 Å². The summed E-state index contributed by atoms with van der Waals surface area (Å²) in [6.07, 6.45) is 8.74. The molecule has 2 aromatic carbocycles. The number of imidazole rings is 1. The fourth-order valence-electron chi connectivity index (χ4n) is 2.75. The van der Waals surface area contributed by atoms with Gasteiger partial charge in [-0.3, -0.25) is 9.97 Å². The van der Waals surface area contributed by atoms with Crippen LogP contribution in [0.2, 0.25) is 0 Å². The molecule has 0 aliphatic heterocycles. The van der Waals surface area contributed by atoms with E-state index in [-0.39, 0.29) is 11.9 Å². The van der Waals surface area contributed by atoms with E-state index in [9.17, 15) is 4.39 Å². The van der Waals surface area contributed by atoms with E-state index in [1.165, 1.54) is 12.1 Å². The number of benzene rings is 2. The maximum Gasteiger partial charge on any atom is 0.123 e. The molecule has 1 unspecified atom stereocenters. The highest BCUT2D eigenvalue weighted by molar-refractivity contribution is 5.74. The van der Waals surface area contributed by atoms with Crippen molar-refractivity contribution < 1.29 is 4.39 Å². The Bertz CT molecular complexity index is 933. The molecule has 4 nitrogen and oxygen atoms in total. The first-order valence-electron chi connectivity index (χ1n) is 7.25. The summed E-state index contributed by atoms with van der Waals surface area (Å²) in [6.45, 7) is 0. The highest BCUT2D eigenvalue weighted by atomic mass is 19.1. The lowest BCUT2D eigenvalue weighted by molar-refractivity contribution is 0.622. The molecule has 0 aliphatic carbocycles. The summed E-state index contributed by atoms with van der Waals surface area (Å²) in [5, 5.41) is 0. The first-order chi connectivity index (χ1) is 11.3. The Morgan fingerprint density at radius 1 is 0.826 bits per heavy atom. The van der Waals surface area contributed by atoms with Crippen molar-refractivity contribution in [1.29, 1.82) is 0 Å². The van der Waals surface area contributed by atoms with Crippen molar-refractivity contribution in [2.45, 2.75) is 6.04 Å². The maximum atomic E-state index is 13.3. The molecule has 0 N–H and O–H groups in total. The number of hydrogen-bond donors (Lipinski definition) is 0. The van der Waals surface area contributed by atoms with Gasteiger partial charge < -0.3 is 4.57 Å². The lowest BCUT2D eigenvalue weighted by Crippen LogP contribution is -2.10. The van der Waals surface area contributed by atoms with Crippen molar-refractivity contribution in [3.05, 3.63) is 90.5 Å². The van der Waals surface area contributed by atoms with Gasteiger partial charge in [-0.15, -0.1) is 0 Å². The fourth-order valence-corrected chi connectivity index (χ4v) is 2.75. The van der Waals surface area contributed by atoms with Gasteiger partial charge in [0.15, 0.2) is 0 Å². The van der Waals surface area contributed by atoms with Crippen LogP contribution in [0.1, 0.15) is 17.2 Å². The third-order valence-electron chi connectivity index (χ3n) is 3.82. The number of hydrogen-bond acceptors (Lipinski definition) is 3. The highest BCUT2D eigenvalue weighted by Crippen LogP contribution is 2.28. The summed E-state index contributed by atoms with van der Waals surface area (Å²) in [5.41, 5.74) is 3.70. The van der Waals surface area contributed by atoms with Gasteiger partial charge in [-0.25, -0.2) is 9.37 Å². The molecular formula is C18H13FN4. The van der Waals surface area contributed by atoms with Gasteiger partial charge in [-0.1, -0.05) is 18.2 Å². The molecule has 0 radical (unpaired) electrons. The number of halogens is 1. The number of aromatic nitrogens is 4. The average Bonchev–Trinajstić information content (AvgIpc) is 3.11. The summed E-state index contributed by atoms with van der Waals surface area (Å²) in [5.74, 6) is -0.248. The third kappa shape index (κ3) is 2.57. The predicted octanol–water partition coefficient (Wildman–Crippen LogP) is 3.60. The Balaban J connectivity index is 1.88. The standard InChI is InChI=1S/C18H13FN4/c19-15-4-1-13(2-5-15)18(23-10-9-20-12-23)14-3-6-16-17(11-14)22-8-7-21-16/h1-12,18H. The fraction of sp³-hybridized carbons (Fsp3) is 0.0556. The first-order valence-corrected chi connectivity index (χ1v) is 7.25. The minimum atomic E-state index is -0.248. The Hall–Kier alpha value is -3.08. The Kier molecular flexibility index (Phi) is 3.31. The molecule has 0 aliphatic rings. The second-order valence-electron chi connectivity index (χ2n) is 5.27. The molecule has 4 rings (SSSR count). The maximum absolute atomic E-state index is 13.3. The van der Waals surface area contributed by atoms with Crippen LogP contribution in [0, 0.1) is 5.82 Å². The van der Waals surface area contributed by atoms with E-state index < -0.39 is 0 Å². The smallest absolute Gasteiger partial charge is 0.123 e. The minimum Gasteiger partial charge on any atom is -0.326 e. The predicted molar refractivity (Wildman–Crippen MR) is 85.4 cm³/mol. The molecule has 112 valence electrons. The normalized spacial score (nSPS) is 12.4. The second-order valence-corrected chi connectivity index (χ2v) is 5.27. The number of rotatable bonds is 3. The van der Waals surface area contributed by atoms with Crippen LogP contribution in [0.4, 0.5) is 4.39 Å². The van der Waals surface area contributed by atoms with Crippen molar-refractivity contribution in [2.75, 3.05) is 0 Å². The van der Waals surface area contributed by atoms with E-state index in [4.69, 9.17) is 0 Å². The zero-order chi connectivity index (χ0) is 15.6. The van der Waals surface area contributed by atoms with Crippen LogP contribution in [0.15, 0.2) is 73.6 Å². The summed E-state index contributed by atoms with van der Waals surface area (Å²) in [4.78, 5) is 12.8. The van der Waals surface area contributed by atoms with Gasteiger partial charge in [0.1, 0.15) is 5.82 Å². The topological polar surface area (TPSA) is 43.6 Å². The van der Waals surface area contributed by atoms with Crippen molar-refractivity contribution >= 4 is 11.0 Å². The van der Waals surface area contributed by atoms with Crippen LogP contribution in [0.25, 0.3) is 11.0 Å². The molecule has 0 bridgehead atoms. The molecule has 2 aromatic heterocycles. The van der Waals surface area contributed by atoms with Gasteiger partial charge in [0.05, 0.1) is 23.4 Å². The molecule has 23 heavy (non-hydrogen) atoms. The lowest BCUT2D eigenvalue weighted by Gasteiger charge is -2.20. The third-order valence-corrected chi connectivity index (χ3v) is 3.82. The van der Waals surface area contributed by atoms with E-state index in [1.54, 1.807) is 37.1 Å². The zero-order valence-electron chi connectivity index (χ0n) is 12.2. The Morgan fingerprint density at radius 3 is 2.30 bits per heavy atom. The van der Waals surface area contributed by atoms with Crippen molar-refractivity contribution in [1.82, 2.24) is 19.5 Å². The molecule has 4 aromatic rings. The van der Waals surface area contributed by atoms with Crippen molar-refractivity contribution in [3.63, 3.8) is 0 Å². The van der Waals surface area contributed by atoms with Gasteiger partial charge in [-0.05, 0) is 35.4 Å². The molecule has 0 saturated carbocycles. The molecule has 0 amide bonds. The first kappa shape index (κ1) is 13.6. The monoisotopic (exact) mass is 304 g/mol. The molecule has 1 atom stereocenters. The van der Waals surface area contributed by atoms with Crippen molar-refractivity contribution in [2.24, 2.45) is 0 Å². The highest BCUT2D eigenvalue weighted by Gasteiger charge is 2.16. The quantitative estimate of drug-likeness (QED) is 0.581. The summed E-state index contributed by atoms with van der Waals surface area (Å²) in [6, 6.07) is 12.4. The van der Waals surface area contributed by atoms with Gasteiger partial charge in [0.2, 0.25) is 0 Å². The van der Waals surface area contributed by atoms with Crippen LogP contribution in [-0.4, -0.2) is 19.5 Å². The van der Waals surface area contributed by atoms with Crippen molar-refractivity contribution in [3.8, 4) is 0 Å². The minimum absolute atomic E-state index is 0.0930. The average molecular weight is 304 g/mol. The lowest BCUT2D eigenvalue weighted by atomic mass is 9.98. The molecule has 0 saturated heterocycles. The Morgan fingerprint density at radius 2 is 1.57 bits per heavy atom. The molecule has 0 fully saturated rings. The molecule has 0 spiro atoms. The Labute approximate surface area is 132 Å². The van der Waals surface area contributed by atoms with E-state index in [0.29, 0.717) is 0 Å². The summed E-state index contributed by atoms with van der Waals surface area (Å²) in [7, 11) is 0. The van der Waals surface area contributed by atoms with E-state index >= 15 is 0 Å². The largest absolute Gasteiger partial charge is 0.326 e. The SMILES string of the molecule is Fc1ccc(C(c2ccc3nccnc3c2)n2ccnc2)cc1. The number of nitrogens with zero attached hydrogens (tertiary/aromatic N) is 4. The van der Waals surface area contributed by atoms with Gasteiger partial charge in [-0.2, -0.15) is 0 Å². The summed E-state index contributed by atoms with van der Waals surface area (Å²) >= 11 is 0. The van der Waals surface area contributed by atoms with Crippen LogP contribution in [0.3, 0.4) is 0 Å². The van der Waals surface area contributed by atoms with Gasteiger partial charge in [0, 0.05) is 24.8 Å². The molecule has 2 heterocycles. The molecular weight excluding hydrogens is 291 g/mol. The van der Waals surface area contributed by atoms with Crippen LogP contribution >= 0.6 is 0 Å². The number of fused-ring (bicyclic) bond motifs is 1. The van der Waals surface area contributed by atoms with Crippen LogP contribution in [0.5, 0.6) is 0 Å². The van der Waals surface area contributed by atoms with E-state index in [1.807, 2.05) is 29.0 Å². The van der Waals surface area contributed by atoms with E-state index in [0.717, 1.165) is 22.2 Å². The summed E-state index contributed by atoms with van der Waals surface area (Å²) < 4.78 is 15.3. The van der Waals surface area contributed by atoms with E-state index in [2.05, 4.69) is 15.0 Å². The molecule has 5 heteroatoms. The van der Waals surface area contributed by atoms with Crippen LogP contribution < -0.4 is 0 Å².